The molecule has 4 heteroatoms. The Labute approximate surface area is 141 Å². The SMILES string of the molecule is CCCCCCCCCCCCCC(=O)C1C(=O)CN(C)C1=O. The number of likely N-dealkylation sites (tertiary alicyclic amines) is 1. The molecule has 1 unspecified atom stereocenters. The largest absolute Gasteiger partial charge is 0.337 e. The van der Waals surface area contributed by atoms with Gasteiger partial charge in [0.2, 0.25) is 5.91 Å². The second-order valence-corrected chi connectivity index (χ2v) is 6.85. The first-order valence-corrected chi connectivity index (χ1v) is 9.38. The summed E-state index contributed by atoms with van der Waals surface area (Å²) in [4.78, 5) is 36.8. The number of rotatable bonds is 13. The van der Waals surface area contributed by atoms with Crippen LogP contribution in [0.3, 0.4) is 0 Å². The van der Waals surface area contributed by atoms with Crippen molar-refractivity contribution in [3.63, 3.8) is 0 Å². The molecular formula is C19H33NO3. The first kappa shape index (κ1) is 19.9. The number of nitrogens with zero attached hydrogens (tertiary/aromatic N) is 1. The van der Waals surface area contributed by atoms with Crippen LogP contribution in [0.4, 0.5) is 0 Å². The molecule has 0 N–H and O–H groups in total. The number of carbonyl (C=O) groups is 3. The summed E-state index contributed by atoms with van der Waals surface area (Å²) >= 11 is 0. The van der Waals surface area contributed by atoms with Gasteiger partial charge in [-0.15, -0.1) is 0 Å². The van der Waals surface area contributed by atoms with Crippen molar-refractivity contribution in [3.05, 3.63) is 0 Å². The first-order chi connectivity index (χ1) is 11.1. The topological polar surface area (TPSA) is 54.5 Å². The molecular weight excluding hydrogens is 290 g/mol. The molecule has 1 rings (SSSR count). The van der Waals surface area contributed by atoms with Crippen LogP contribution in [0, 0.1) is 5.92 Å². The number of ketones is 2. The summed E-state index contributed by atoms with van der Waals surface area (Å²) in [5, 5.41) is 0. The summed E-state index contributed by atoms with van der Waals surface area (Å²) in [6, 6.07) is 0. The molecule has 1 amide bonds. The Morgan fingerprint density at radius 2 is 1.39 bits per heavy atom. The molecule has 1 saturated heterocycles. The van der Waals surface area contributed by atoms with Crippen molar-refractivity contribution in [1.29, 1.82) is 0 Å². The second kappa shape index (κ2) is 11.4. The number of likely N-dealkylation sites (N-methyl/N-ethyl adjacent to an activating group) is 1. The number of Topliss-reactive ketones (excluding diaryl/α,β-unsaturated/α-hetero) is 2. The average Bonchev–Trinajstić information content (AvgIpc) is 2.77. The van der Waals surface area contributed by atoms with Crippen LogP contribution in [-0.2, 0) is 14.4 Å². The Balaban J connectivity index is 1.98. The molecule has 23 heavy (non-hydrogen) atoms. The van der Waals surface area contributed by atoms with Crippen molar-refractivity contribution < 1.29 is 14.4 Å². The molecule has 0 bridgehead atoms. The van der Waals surface area contributed by atoms with E-state index in [1.807, 2.05) is 0 Å². The maximum atomic E-state index is 12.0. The monoisotopic (exact) mass is 323 g/mol. The lowest BCUT2D eigenvalue weighted by molar-refractivity contribution is -0.138. The molecule has 0 radical (unpaired) electrons. The minimum Gasteiger partial charge on any atom is -0.337 e. The van der Waals surface area contributed by atoms with Gasteiger partial charge in [0.05, 0.1) is 6.54 Å². The van der Waals surface area contributed by atoms with E-state index in [9.17, 15) is 14.4 Å². The molecule has 132 valence electrons. The molecule has 0 saturated carbocycles. The quantitative estimate of drug-likeness (QED) is 0.381. The Morgan fingerprint density at radius 3 is 1.83 bits per heavy atom. The third-order valence-corrected chi connectivity index (χ3v) is 4.69. The van der Waals surface area contributed by atoms with Crippen LogP contribution in [0.5, 0.6) is 0 Å². The lowest BCUT2D eigenvalue weighted by atomic mass is 9.96. The number of hydrogen-bond acceptors (Lipinski definition) is 3. The van der Waals surface area contributed by atoms with E-state index in [0.717, 1.165) is 19.3 Å². The van der Waals surface area contributed by atoms with Crippen molar-refractivity contribution >= 4 is 17.5 Å². The molecule has 1 aliphatic rings. The van der Waals surface area contributed by atoms with Gasteiger partial charge in [-0.25, -0.2) is 0 Å². The third kappa shape index (κ3) is 7.28. The van der Waals surface area contributed by atoms with E-state index in [-0.39, 0.29) is 24.0 Å². The van der Waals surface area contributed by atoms with Gasteiger partial charge in [0.25, 0.3) is 0 Å². The Kier molecular flexibility index (Phi) is 9.81. The average molecular weight is 323 g/mol. The van der Waals surface area contributed by atoms with Gasteiger partial charge >= 0.3 is 0 Å². The molecule has 0 aliphatic carbocycles. The molecule has 0 aromatic heterocycles. The molecule has 0 aromatic carbocycles. The van der Waals surface area contributed by atoms with Crippen LogP contribution in [0.25, 0.3) is 0 Å². The van der Waals surface area contributed by atoms with Crippen molar-refractivity contribution in [2.75, 3.05) is 13.6 Å². The Hall–Kier alpha value is -1.19. The van der Waals surface area contributed by atoms with Crippen LogP contribution >= 0.6 is 0 Å². The fraction of sp³-hybridized carbons (Fsp3) is 0.842. The lowest BCUT2D eigenvalue weighted by Gasteiger charge is -2.08. The van der Waals surface area contributed by atoms with Crippen molar-refractivity contribution in [1.82, 2.24) is 4.90 Å². The predicted molar refractivity (Wildman–Crippen MR) is 92.2 cm³/mol. The van der Waals surface area contributed by atoms with E-state index in [1.165, 1.54) is 56.3 Å². The number of unbranched alkanes of at least 4 members (excludes halogenated alkanes) is 10. The second-order valence-electron chi connectivity index (χ2n) is 6.85. The molecule has 1 heterocycles. The predicted octanol–water partition coefficient (Wildman–Crippen LogP) is 3.91. The van der Waals surface area contributed by atoms with E-state index < -0.39 is 5.92 Å². The molecule has 4 nitrogen and oxygen atoms in total. The summed E-state index contributed by atoms with van der Waals surface area (Å²) in [6.45, 7) is 2.33. The molecule has 0 aromatic rings. The van der Waals surface area contributed by atoms with Gasteiger partial charge in [-0.2, -0.15) is 0 Å². The Bertz CT molecular complexity index is 392. The number of hydrogen-bond donors (Lipinski definition) is 0. The van der Waals surface area contributed by atoms with Crippen LogP contribution in [0.15, 0.2) is 0 Å². The van der Waals surface area contributed by atoms with E-state index in [0.29, 0.717) is 6.42 Å². The van der Waals surface area contributed by atoms with Crippen LogP contribution in [0.1, 0.15) is 84.0 Å². The maximum absolute atomic E-state index is 12.0. The third-order valence-electron chi connectivity index (χ3n) is 4.69. The molecule has 0 spiro atoms. The smallest absolute Gasteiger partial charge is 0.240 e. The highest BCUT2D eigenvalue weighted by molar-refractivity contribution is 6.22. The summed E-state index contributed by atoms with van der Waals surface area (Å²) < 4.78 is 0. The molecule has 1 fully saturated rings. The molecule has 1 atom stereocenters. The zero-order valence-corrected chi connectivity index (χ0v) is 14.9. The van der Waals surface area contributed by atoms with E-state index in [1.54, 1.807) is 7.05 Å². The highest BCUT2D eigenvalue weighted by Gasteiger charge is 2.41. The maximum Gasteiger partial charge on any atom is 0.240 e. The number of carbonyl (C=O) groups excluding carboxylic acids is 3. The van der Waals surface area contributed by atoms with Crippen LogP contribution < -0.4 is 0 Å². The van der Waals surface area contributed by atoms with E-state index in [2.05, 4.69) is 6.92 Å². The lowest BCUT2D eigenvalue weighted by Crippen LogP contribution is -2.28. The highest BCUT2D eigenvalue weighted by atomic mass is 16.2. The first-order valence-electron chi connectivity index (χ1n) is 9.38. The van der Waals surface area contributed by atoms with E-state index >= 15 is 0 Å². The van der Waals surface area contributed by atoms with Gasteiger partial charge in [-0.1, -0.05) is 71.1 Å². The Morgan fingerprint density at radius 1 is 0.913 bits per heavy atom. The molecule has 1 aliphatic heterocycles. The van der Waals surface area contributed by atoms with Gasteiger partial charge < -0.3 is 4.90 Å². The minimum absolute atomic E-state index is 0.0908. The van der Waals surface area contributed by atoms with Gasteiger partial charge in [0.15, 0.2) is 17.5 Å². The summed E-state index contributed by atoms with van der Waals surface area (Å²) in [5.41, 5.74) is 0. The van der Waals surface area contributed by atoms with Crippen LogP contribution in [0.2, 0.25) is 0 Å². The zero-order valence-electron chi connectivity index (χ0n) is 14.9. The fourth-order valence-electron chi connectivity index (χ4n) is 3.19. The van der Waals surface area contributed by atoms with Crippen molar-refractivity contribution in [2.24, 2.45) is 5.92 Å². The standard InChI is InChI=1S/C19H33NO3/c1-3-4-5-6-7-8-9-10-11-12-13-14-16(21)18-17(22)15-20(2)19(18)23/h18H,3-15H2,1-2H3. The van der Waals surface area contributed by atoms with Crippen LogP contribution in [-0.4, -0.2) is 36.0 Å². The summed E-state index contributed by atoms with van der Waals surface area (Å²) in [6.07, 6.45) is 13.9. The highest BCUT2D eigenvalue weighted by Crippen LogP contribution is 2.18. The minimum atomic E-state index is -0.997. The van der Waals surface area contributed by atoms with Gasteiger partial charge in [0, 0.05) is 13.5 Å². The van der Waals surface area contributed by atoms with Crippen molar-refractivity contribution in [2.45, 2.75) is 84.0 Å². The normalized spacial score (nSPS) is 18.0. The van der Waals surface area contributed by atoms with Gasteiger partial charge in [-0.05, 0) is 6.42 Å². The summed E-state index contributed by atoms with van der Waals surface area (Å²) in [7, 11) is 1.58. The summed E-state index contributed by atoms with van der Waals surface area (Å²) in [5.74, 6) is -1.72. The van der Waals surface area contributed by atoms with E-state index in [4.69, 9.17) is 0 Å². The fourth-order valence-corrected chi connectivity index (χ4v) is 3.19. The van der Waals surface area contributed by atoms with Gasteiger partial charge in [-0.3, -0.25) is 14.4 Å². The van der Waals surface area contributed by atoms with Crippen molar-refractivity contribution in [3.8, 4) is 0 Å². The van der Waals surface area contributed by atoms with Gasteiger partial charge in [0.1, 0.15) is 0 Å². The zero-order chi connectivity index (χ0) is 17.1. The number of amides is 1.